The molecule has 0 heterocycles. The number of hydrogen-bond acceptors (Lipinski definition) is 1. The molecule has 0 fully saturated rings. The van der Waals surface area contributed by atoms with Crippen molar-refractivity contribution in [2.45, 2.75) is 0 Å². The van der Waals surface area contributed by atoms with Crippen molar-refractivity contribution >= 4 is 11.6 Å². The Morgan fingerprint density at radius 2 is 2.38 bits per heavy atom. The van der Waals surface area contributed by atoms with E-state index in [2.05, 4.69) is 12.5 Å². The summed E-state index contributed by atoms with van der Waals surface area (Å²) >= 11 is 5.76. The van der Waals surface area contributed by atoms with Gasteiger partial charge in [0.15, 0.2) is 0 Å². The normalized spacial score (nSPS) is 8.92. The molecule has 0 saturated carbocycles. The van der Waals surface area contributed by atoms with Gasteiger partial charge in [-0.15, -0.1) is 6.42 Å². The molecule has 1 aromatic rings. The minimum absolute atomic E-state index is 0.441. The number of hydrogen-bond donors (Lipinski definition) is 0. The largest absolute Gasteiger partial charge is 0.488 e. The second kappa shape index (κ2) is 4.59. The van der Waals surface area contributed by atoms with Crippen molar-refractivity contribution in [3.63, 3.8) is 0 Å². The lowest BCUT2D eigenvalue weighted by Crippen LogP contribution is -1.94. The fourth-order valence-electron chi connectivity index (χ4n) is 0.890. The van der Waals surface area contributed by atoms with Crippen LogP contribution < -0.4 is 4.74 Å². The first-order valence-electron chi connectivity index (χ1n) is 3.77. The Balaban J connectivity index is 2.94. The summed E-state index contributed by atoms with van der Waals surface area (Å²) in [5, 5.41) is 0.610. The van der Waals surface area contributed by atoms with Crippen molar-refractivity contribution in [1.82, 2.24) is 0 Å². The van der Waals surface area contributed by atoms with Crippen LogP contribution in [0.4, 0.5) is 0 Å². The van der Waals surface area contributed by atoms with Gasteiger partial charge in [-0.3, -0.25) is 0 Å². The third-order valence-electron chi connectivity index (χ3n) is 1.45. The highest BCUT2D eigenvalue weighted by atomic mass is 35.5. The summed E-state index contributed by atoms with van der Waals surface area (Å²) < 4.78 is 5.31. The van der Waals surface area contributed by atoms with Gasteiger partial charge < -0.3 is 4.74 Å². The zero-order valence-electron chi connectivity index (χ0n) is 7.09. The predicted molar refractivity (Wildman–Crippen MR) is 55.1 cm³/mol. The Hall–Kier alpha value is -1.39. The molecule has 0 aliphatic carbocycles. The van der Waals surface area contributed by atoms with Crippen LogP contribution in [0.1, 0.15) is 5.56 Å². The molecule has 0 atom stereocenters. The van der Waals surface area contributed by atoms with Crippen LogP contribution in [-0.2, 0) is 0 Å². The lowest BCUT2D eigenvalue weighted by atomic mass is 10.2. The minimum atomic E-state index is 0.441. The van der Waals surface area contributed by atoms with Crippen LogP contribution in [0.3, 0.4) is 0 Å². The van der Waals surface area contributed by atoms with Crippen LogP contribution in [0.2, 0.25) is 5.02 Å². The first-order chi connectivity index (χ1) is 6.27. The molecule has 0 N–H and O–H groups in total. The van der Waals surface area contributed by atoms with Gasteiger partial charge in [-0.2, -0.15) is 0 Å². The lowest BCUT2D eigenvalue weighted by Gasteiger charge is -2.05. The Labute approximate surface area is 83.0 Å². The number of halogens is 1. The maximum Gasteiger partial charge on any atom is 0.135 e. The molecule has 0 saturated heterocycles. The molecule has 2 heteroatoms. The van der Waals surface area contributed by atoms with E-state index in [1.807, 2.05) is 0 Å². The summed E-state index contributed by atoms with van der Waals surface area (Å²) in [4.78, 5) is 0. The molecule has 0 amide bonds. The highest BCUT2D eigenvalue weighted by Crippen LogP contribution is 2.21. The van der Waals surface area contributed by atoms with Crippen molar-refractivity contribution < 1.29 is 4.74 Å². The molecular formula is C11H9ClO. The SMILES string of the molecule is C#Cc1cc(Cl)ccc1OCC=C. The molecule has 0 bridgehead atoms. The van der Waals surface area contributed by atoms with E-state index in [4.69, 9.17) is 22.8 Å². The number of ether oxygens (including phenoxy) is 1. The van der Waals surface area contributed by atoms with Crippen molar-refractivity contribution in [2.24, 2.45) is 0 Å². The van der Waals surface area contributed by atoms with Gasteiger partial charge in [0.25, 0.3) is 0 Å². The van der Waals surface area contributed by atoms with Crippen molar-refractivity contribution in [1.29, 1.82) is 0 Å². The molecule has 1 aromatic carbocycles. The number of rotatable bonds is 3. The van der Waals surface area contributed by atoms with Crippen LogP contribution in [0.15, 0.2) is 30.9 Å². The summed E-state index contributed by atoms with van der Waals surface area (Å²) in [6.07, 6.45) is 6.94. The van der Waals surface area contributed by atoms with Gasteiger partial charge in [0, 0.05) is 5.02 Å². The zero-order valence-corrected chi connectivity index (χ0v) is 7.84. The highest BCUT2D eigenvalue weighted by molar-refractivity contribution is 6.30. The average molecular weight is 193 g/mol. The lowest BCUT2D eigenvalue weighted by molar-refractivity contribution is 0.362. The third kappa shape index (κ3) is 2.54. The molecule has 0 spiro atoms. The third-order valence-corrected chi connectivity index (χ3v) is 1.69. The van der Waals surface area contributed by atoms with E-state index in [0.29, 0.717) is 22.9 Å². The molecular weight excluding hydrogens is 184 g/mol. The number of benzene rings is 1. The monoisotopic (exact) mass is 192 g/mol. The van der Waals surface area contributed by atoms with Gasteiger partial charge in [-0.05, 0) is 18.2 Å². The van der Waals surface area contributed by atoms with Crippen molar-refractivity contribution in [3.05, 3.63) is 41.4 Å². The van der Waals surface area contributed by atoms with Crippen LogP contribution >= 0.6 is 11.6 Å². The Bertz CT molecular complexity index is 350. The molecule has 0 unspecified atom stereocenters. The zero-order chi connectivity index (χ0) is 9.68. The summed E-state index contributed by atoms with van der Waals surface area (Å²) in [6, 6.07) is 5.18. The average Bonchev–Trinajstić information content (AvgIpc) is 2.16. The van der Waals surface area contributed by atoms with Gasteiger partial charge >= 0.3 is 0 Å². The number of terminal acetylenes is 1. The van der Waals surface area contributed by atoms with E-state index in [-0.39, 0.29) is 0 Å². The van der Waals surface area contributed by atoms with Gasteiger partial charge in [-0.25, -0.2) is 0 Å². The smallest absolute Gasteiger partial charge is 0.135 e. The fourth-order valence-corrected chi connectivity index (χ4v) is 1.06. The van der Waals surface area contributed by atoms with Gasteiger partial charge in [0.2, 0.25) is 0 Å². The highest BCUT2D eigenvalue weighted by Gasteiger charge is 2.00. The van der Waals surface area contributed by atoms with E-state index in [1.54, 1.807) is 24.3 Å². The molecule has 0 aliphatic rings. The van der Waals surface area contributed by atoms with Crippen LogP contribution in [0.25, 0.3) is 0 Å². The maximum atomic E-state index is 5.76. The first-order valence-corrected chi connectivity index (χ1v) is 4.15. The molecule has 1 rings (SSSR count). The molecule has 0 radical (unpaired) electrons. The summed E-state index contributed by atoms with van der Waals surface area (Å²) in [5.74, 6) is 3.16. The molecule has 0 aliphatic heterocycles. The molecule has 66 valence electrons. The topological polar surface area (TPSA) is 9.23 Å². The van der Waals surface area contributed by atoms with Crippen molar-refractivity contribution in [2.75, 3.05) is 6.61 Å². The summed E-state index contributed by atoms with van der Waals surface area (Å²) in [7, 11) is 0. The molecule has 13 heavy (non-hydrogen) atoms. The van der Waals surface area contributed by atoms with Crippen molar-refractivity contribution in [3.8, 4) is 18.1 Å². The maximum absolute atomic E-state index is 5.76. The van der Waals surface area contributed by atoms with E-state index in [0.717, 1.165) is 0 Å². The molecule has 0 aromatic heterocycles. The fraction of sp³-hybridized carbons (Fsp3) is 0.0909. The van der Waals surface area contributed by atoms with E-state index in [9.17, 15) is 0 Å². The Morgan fingerprint density at radius 3 is 3.00 bits per heavy atom. The van der Waals surface area contributed by atoms with Gasteiger partial charge in [-0.1, -0.05) is 30.2 Å². The van der Waals surface area contributed by atoms with Crippen LogP contribution in [0.5, 0.6) is 5.75 Å². The second-order valence-corrected chi connectivity index (χ2v) is 2.82. The molecule has 1 nitrogen and oxygen atoms in total. The second-order valence-electron chi connectivity index (χ2n) is 2.38. The standard InChI is InChI=1S/C11H9ClO/c1-3-7-13-11-6-5-10(12)8-9(11)4-2/h2-3,5-6,8H,1,7H2. The quantitative estimate of drug-likeness (QED) is 0.529. The first kappa shape index (κ1) is 9.70. The Morgan fingerprint density at radius 1 is 1.62 bits per heavy atom. The summed E-state index contributed by atoms with van der Waals surface area (Å²) in [6.45, 7) is 3.99. The van der Waals surface area contributed by atoms with Crippen LogP contribution in [-0.4, -0.2) is 6.61 Å². The summed E-state index contributed by atoms with van der Waals surface area (Å²) in [5.41, 5.74) is 0.661. The van der Waals surface area contributed by atoms with E-state index in [1.165, 1.54) is 0 Å². The van der Waals surface area contributed by atoms with Crippen LogP contribution in [0, 0.1) is 12.3 Å². The van der Waals surface area contributed by atoms with E-state index >= 15 is 0 Å². The minimum Gasteiger partial charge on any atom is -0.488 e. The Kier molecular flexibility index (Phi) is 3.42. The van der Waals surface area contributed by atoms with Gasteiger partial charge in [0.1, 0.15) is 12.4 Å². The van der Waals surface area contributed by atoms with Gasteiger partial charge in [0.05, 0.1) is 5.56 Å². The van der Waals surface area contributed by atoms with E-state index < -0.39 is 0 Å². The predicted octanol–water partition coefficient (Wildman–Crippen LogP) is 2.89.